The predicted molar refractivity (Wildman–Crippen MR) is 103 cm³/mol. The zero-order chi connectivity index (χ0) is 20.6. The average Bonchev–Trinajstić information content (AvgIpc) is 2.93. The Morgan fingerprint density at radius 2 is 1.79 bits per heavy atom. The fourth-order valence-corrected chi connectivity index (χ4v) is 3.51. The smallest absolute Gasteiger partial charge is 0.322 e. The quantitative estimate of drug-likeness (QED) is 0.693. The molecule has 1 aromatic heterocycles. The van der Waals surface area contributed by atoms with Crippen LogP contribution in [-0.4, -0.2) is 15.5 Å². The highest BCUT2D eigenvalue weighted by Gasteiger charge is 2.30. The number of hydrogen-bond donors (Lipinski definition) is 1. The summed E-state index contributed by atoms with van der Waals surface area (Å²) < 4.78 is 39.7. The topological polar surface area (TPSA) is 64.0 Å². The molecule has 0 bridgehead atoms. The van der Waals surface area contributed by atoms with E-state index >= 15 is 0 Å². The summed E-state index contributed by atoms with van der Waals surface area (Å²) in [4.78, 5) is 29.8. The van der Waals surface area contributed by atoms with Crippen molar-refractivity contribution >= 4 is 22.5 Å². The van der Waals surface area contributed by atoms with E-state index in [-0.39, 0.29) is 16.8 Å². The van der Waals surface area contributed by atoms with Gasteiger partial charge in [-0.15, -0.1) is 0 Å². The number of halogens is 3. The number of anilines is 1. The van der Waals surface area contributed by atoms with E-state index in [1.54, 1.807) is 16.7 Å². The second kappa shape index (κ2) is 7.35. The average molecular weight is 401 g/mol. The number of carbonyl (C=O) groups excluding carboxylic acids is 1. The molecule has 2 heterocycles. The molecule has 0 atom stereocenters. The van der Waals surface area contributed by atoms with E-state index in [2.05, 4.69) is 10.3 Å². The number of carbonyl (C=O) groups is 1. The second-order valence-corrected chi connectivity index (χ2v) is 7.06. The molecule has 0 saturated heterocycles. The summed E-state index contributed by atoms with van der Waals surface area (Å²) in [5, 5.41) is 3.02. The molecule has 1 aliphatic heterocycles. The minimum atomic E-state index is -4.43. The summed E-state index contributed by atoms with van der Waals surface area (Å²) in [6, 6.07) is 8.86. The molecule has 0 radical (unpaired) electrons. The minimum Gasteiger partial charge on any atom is -0.322 e. The van der Waals surface area contributed by atoms with Crippen LogP contribution in [0.3, 0.4) is 0 Å². The van der Waals surface area contributed by atoms with E-state index in [0.29, 0.717) is 23.9 Å². The molecule has 2 aromatic carbocycles. The van der Waals surface area contributed by atoms with Gasteiger partial charge in [0, 0.05) is 24.2 Å². The SMILES string of the molecule is O=C(Nc1ccc(C(F)(F)F)cc1)c1ccc2c(=O)n3c(nc2c1)CCCCC3. The van der Waals surface area contributed by atoms with E-state index < -0.39 is 17.6 Å². The molecule has 150 valence electrons. The Balaban J connectivity index is 1.62. The van der Waals surface area contributed by atoms with Gasteiger partial charge in [-0.3, -0.25) is 14.2 Å². The number of nitrogens with one attached hydrogen (secondary N) is 1. The van der Waals surface area contributed by atoms with Gasteiger partial charge in [0.1, 0.15) is 5.82 Å². The van der Waals surface area contributed by atoms with Crippen LogP contribution in [-0.2, 0) is 19.1 Å². The Hall–Kier alpha value is -3.16. The van der Waals surface area contributed by atoms with Crippen molar-refractivity contribution < 1.29 is 18.0 Å². The van der Waals surface area contributed by atoms with Crippen molar-refractivity contribution in [3.63, 3.8) is 0 Å². The van der Waals surface area contributed by atoms with E-state index in [1.807, 2.05) is 0 Å². The molecule has 3 aromatic rings. The molecule has 4 rings (SSSR count). The fourth-order valence-electron chi connectivity index (χ4n) is 3.51. The first-order chi connectivity index (χ1) is 13.8. The van der Waals surface area contributed by atoms with Crippen LogP contribution >= 0.6 is 0 Å². The van der Waals surface area contributed by atoms with Gasteiger partial charge in [-0.2, -0.15) is 13.2 Å². The largest absolute Gasteiger partial charge is 0.416 e. The van der Waals surface area contributed by atoms with Crippen LogP contribution in [0.1, 0.15) is 41.0 Å². The lowest BCUT2D eigenvalue weighted by Gasteiger charge is -2.11. The molecule has 0 saturated carbocycles. The van der Waals surface area contributed by atoms with E-state index in [9.17, 15) is 22.8 Å². The third kappa shape index (κ3) is 3.87. The lowest BCUT2D eigenvalue weighted by atomic mass is 10.1. The Labute approximate surface area is 164 Å². The van der Waals surface area contributed by atoms with Gasteiger partial charge in [-0.1, -0.05) is 6.42 Å². The number of rotatable bonds is 2. The Morgan fingerprint density at radius 1 is 1.03 bits per heavy atom. The maximum Gasteiger partial charge on any atom is 0.416 e. The first kappa shape index (κ1) is 19.2. The third-order valence-corrected chi connectivity index (χ3v) is 5.05. The summed E-state index contributed by atoms with van der Waals surface area (Å²) in [5.74, 6) is 0.240. The van der Waals surface area contributed by atoms with Gasteiger partial charge in [0.15, 0.2) is 0 Å². The summed E-state index contributed by atoms with van der Waals surface area (Å²) in [6.45, 7) is 0.646. The number of benzene rings is 2. The van der Waals surface area contributed by atoms with Crippen molar-refractivity contribution in [3.05, 3.63) is 69.8 Å². The molecule has 29 heavy (non-hydrogen) atoms. The molecule has 0 unspecified atom stereocenters. The van der Waals surface area contributed by atoms with Crippen molar-refractivity contribution in [1.82, 2.24) is 9.55 Å². The highest BCUT2D eigenvalue weighted by molar-refractivity contribution is 6.06. The number of nitrogens with zero attached hydrogens (tertiary/aromatic N) is 2. The van der Waals surface area contributed by atoms with Crippen molar-refractivity contribution in [2.75, 3.05) is 5.32 Å². The second-order valence-electron chi connectivity index (χ2n) is 7.06. The zero-order valence-electron chi connectivity index (χ0n) is 15.4. The molecule has 5 nitrogen and oxygen atoms in total. The van der Waals surface area contributed by atoms with Crippen LogP contribution in [0.25, 0.3) is 10.9 Å². The molecule has 1 N–H and O–H groups in total. The molecule has 0 spiro atoms. The van der Waals surface area contributed by atoms with Crippen molar-refractivity contribution in [2.45, 2.75) is 38.4 Å². The lowest BCUT2D eigenvalue weighted by molar-refractivity contribution is -0.137. The van der Waals surface area contributed by atoms with Gasteiger partial charge < -0.3 is 5.32 Å². The van der Waals surface area contributed by atoms with Crippen LogP contribution in [0.4, 0.5) is 18.9 Å². The van der Waals surface area contributed by atoms with E-state index in [0.717, 1.165) is 37.2 Å². The zero-order valence-corrected chi connectivity index (χ0v) is 15.4. The predicted octanol–water partition coefficient (Wildman–Crippen LogP) is 4.39. The van der Waals surface area contributed by atoms with Gasteiger partial charge in [0.05, 0.1) is 16.5 Å². The number of amides is 1. The Morgan fingerprint density at radius 3 is 2.52 bits per heavy atom. The van der Waals surface area contributed by atoms with Gasteiger partial charge >= 0.3 is 6.18 Å². The van der Waals surface area contributed by atoms with Gasteiger partial charge in [-0.25, -0.2) is 4.98 Å². The molecular formula is C21H18F3N3O2. The van der Waals surface area contributed by atoms with Gasteiger partial charge in [0.2, 0.25) is 0 Å². The number of aromatic nitrogens is 2. The van der Waals surface area contributed by atoms with E-state index in [1.165, 1.54) is 18.2 Å². The first-order valence-corrected chi connectivity index (χ1v) is 9.35. The molecule has 1 aliphatic rings. The number of aryl methyl sites for hydroxylation is 1. The van der Waals surface area contributed by atoms with Crippen molar-refractivity contribution in [1.29, 1.82) is 0 Å². The highest BCUT2D eigenvalue weighted by atomic mass is 19.4. The fraction of sp³-hybridized carbons (Fsp3) is 0.286. The van der Waals surface area contributed by atoms with Crippen LogP contribution in [0.5, 0.6) is 0 Å². The summed E-state index contributed by atoms with van der Waals surface area (Å²) >= 11 is 0. The van der Waals surface area contributed by atoms with Gasteiger partial charge in [0.25, 0.3) is 11.5 Å². The van der Waals surface area contributed by atoms with Crippen molar-refractivity contribution in [3.8, 4) is 0 Å². The summed E-state index contributed by atoms with van der Waals surface area (Å²) in [7, 11) is 0. The summed E-state index contributed by atoms with van der Waals surface area (Å²) in [6.07, 6.45) is -0.772. The number of fused-ring (bicyclic) bond motifs is 2. The molecule has 1 amide bonds. The van der Waals surface area contributed by atoms with Crippen molar-refractivity contribution in [2.24, 2.45) is 0 Å². The van der Waals surface area contributed by atoms with Gasteiger partial charge in [-0.05, 0) is 55.3 Å². The van der Waals surface area contributed by atoms with Crippen LogP contribution in [0.15, 0.2) is 47.3 Å². The molecule has 8 heteroatoms. The Bertz CT molecular complexity index is 1130. The van der Waals surface area contributed by atoms with E-state index in [4.69, 9.17) is 0 Å². The number of hydrogen-bond acceptors (Lipinski definition) is 3. The monoisotopic (exact) mass is 401 g/mol. The highest BCUT2D eigenvalue weighted by Crippen LogP contribution is 2.30. The lowest BCUT2D eigenvalue weighted by Crippen LogP contribution is -2.24. The molecule has 0 aliphatic carbocycles. The van der Waals surface area contributed by atoms with Crippen LogP contribution in [0, 0.1) is 0 Å². The van der Waals surface area contributed by atoms with Crippen LogP contribution < -0.4 is 10.9 Å². The summed E-state index contributed by atoms with van der Waals surface area (Å²) in [5.41, 5.74) is 0.0808. The molecular weight excluding hydrogens is 383 g/mol. The molecule has 0 fully saturated rings. The third-order valence-electron chi connectivity index (χ3n) is 5.05. The first-order valence-electron chi connectivity index (χ1n) is 9.35. The number of alkyl halides is 3. The maximum absolute atomic E-state index is 12.7. The normalized spacial score (nSPS) is 14.3. The van der Waals surface area contributed by atoms with Crippen LogP contribution in [0.2, 0.25) is 0 Å². The standard InChI is InChI=1S/C21H18F3N3O2/c22-21(23,24)14-6-8-15(9-7-14)25-19(28)13-5-10-16-17(12-13)26-18-4-2-1-3-11-27(18)20(16)29/h5-10,12H,1-4,11H2,(H,25,28). The minimum absolute atomic E-state index is 0.110. The maximum atomic E-state index is 12.7. The Kier molecular flexibility index (Phi) is 4.86.